The highest BCUT2D eigenvalue weighted by molar-refractivity contribution is 8.00. The van der Waals surface area contributed by atoms with E-state index in [1.807, 2.05) is 24.3 Å². The van der Waals surface area contributed by atoms with Crippen molar-refractivity contribution in [3.05, 3.63) is 29.8 Å². The number of thioether (sulfide) groups is 1. The minimum Gasteiger partial charge on any atom is -0.497 e. The number of carbonyl (C=O) groups is 1. The first kappa shape index (κ1) is 15.2. The maximum atomic E-state index is 11.8. The Labute approximate surface area is 124 Å². The summed E-state index contributed by atoms with van der Waals surface area (Å²) in [7, 11) is 1.65. The lowest BCUT2D eigenvalue weighted by Gasteiger charge is -2.21. The van der Waals surface area contributed by atoms with Crippen LogP contribution in [0.15, 0.2) is 24.3 Å². The summed E-state index contributed by atoms with van der Waals surface area (Å²) in [6, 6.07) is 7.76. The molecular weight excluding hydrogens is 272 g/mol. The summed E-state index contributed by atoms with van der Waals surface area (Å²) in [4.78, 5) is 11.8. The van der Waals surface area contributed by atoms with E-state index in [0.717, 1.165) is 37.2 Å². The molecule has 0 radical (unpaired) electrons. The Hall–Kier alpha value is -1.20. The van der Waals surface area contributed by atoms with Crippen LogP contribution < -0.4 is 15.4 Å². The van der Waals surface area contributed by atoms with Gasteiger partial charge in [0.25, 0.3) is 0 Å². The third kappa shape index (κ3) is 5.06. The third-order valence-corrected chi connectivity index (χ3v) is 4.76. The van der Waals surface area contributed by atoms with Gasteiger partial charge in [0.15, 0.2) is 0 Å². The summed E-state index contributed by atoms with van der Waals surface area (Å²) < 4.78 is 5.10. The first-order chi connectivity index (χ1) is 9.78. The van der Waals surface area contributed by atoms with Gasteiger partial charge in [-0.2, -0.15) is 0 Å². The number of nitrogens with one attached hydrogen (secondary N) is 2. The monoisotopic (exact) mass is 294 g/mol. The average Bonchev–Trinajstić information content (AvgIpc) is 2.52. The van der Waals surface area contributed by atoms with E-state index in [-0.39, 0.29) is 5.91 Å². The average molecular weight is 294 g/mol. The van der Waals surface area contributed by atoms with Crippen LogP contribution in [0.2, 0.25) is 0 Å². The van der Waals surface area contributed by atoms with E-state index in [2.05, 4.69) is 10.6 Å². The maximum absolute atomic E-state index is 11.8. The van der Waals surface area contributed by atoms with Gasteiger partial charge in [0.05, 0.1) is 12.9 Å². The number of methoxy groups -OCH3 is 1. The van der Waals surface area contributed by atoms with Gasteiger partial charge in [-0.25, -0.2) is 0 Å². The van der Waals surface area contributed by atoms with Gasteiger partial charge in [0.1, 0.15) is 5.75 Å². The fourth-order valence-electron chi connectivity index (χ4n) is 2.15. The van der Waals surface area contributed by atoms with Crippen molar-refractivity contribution in [2.75, 3.05) is 26.0 Å². The van der Waals surface area contributed by atoms with Crippen LogP contribution in [0.3, 0.4) is 0 Å². The Bertz CT molecular complexity index is 416. The number of ether oxygens (including phenoxy) is 1. The highest BCUT2D eigenvalue weighted by Crippen LogP contribution is 2.19. The molecule has 0 aromatic heterocycles. The first-order valence-corrected chi connectivity index (χ1v) is 8.05. The summed E-state index contributed by atoms with van der Waals surface area (Å²) in [6.45, 7) is 2.73. The quantitative estimate of drug-likeness (QED) is 0.840. The zero-order chi connectivity index (χ0) is 14.2. The summed E-state index contributed by atoms with van der Waals surface area (Å²) in [6.07, 6.45) is 2.33. The number of piperidine rings is 1. The van der Waals surface area contributed by atoms with Crippen LogP contribution in [0.1, 0.15) is 18.4 Å². The van der Waals surface area contributed by atoms with Gasteiger partial charge in [-0.05, 0) is 43.6 Å². The zero-order valence-corrected chi connectivity index (χ0v) is 12.7. The molecule has 0 aliphatic carbocycles. The molecule has 0 bridgehead atoms. The molecule has 1 saturated heterocycles. The molecule has 2 N–H and O–H groups in total. The second-order valence-corrected chi connectivity index (χ2v) is 6.17. The van der Waals surface area contributed by atoms with Crippen LogP contribution in [0.4, 0.5) is 0 Å². The molecule has 0 spiro atoms. The molecule has 1 fully saturated rings. The standard InChI is InChI=1S/C15H22N2O2S/c1-19-13-4-2-12(3-5-13)10-17-15(18)11-20-14-6-8-16-9-7-14/h2-5,14,16H,6-11H2,1H3,(H,17,18). The van der Waals surface area contributed by atoms with Crippen LogP contribution in [0, 0.1) is 0 Å². The van der Waals surface area contributed by atoms with Gasteiger partial charge in [-0.15, -0.1) is 11.8 Å². The van der Waals surface area contributed by atoms with Gasteiger partial charge in [-0.3, -0.25) is 4.79 Å². The number of amides is 1. The molecule has 5 heteroatoms. The molecule has 0 unspecified atom stereocenters. The maximum Gasteiger partial charge on any atom is 0.230 e. The topological polar surface area (TPSA) is 50.4 Å². The Balaban J connectivity index is 1.66. The summed E-state index contributed by atoms with van der Waals surface area (Å²) >= 11 is 1.77. The predicted molar refractivity (Wildman–Crippen MR) is 83.2 cm³/mol. The van der Waals surface area contributed by atoms with Crippen molar-refractivity contribution >= 4 is 17.7 Å². The molecule has 20 heavy (non-hydrogen) atoms. The van der Waals surface area contributed by atoms with E-state index in [9.17, 15) is 4.79 Å². The molecule has 1 heterocycles. The number of hydrogen-bond donors (Lipinski definition) is 2. The van der Waals surface area contributed by atoms with Gasteiger partial charge in [0.2, 0.25) is 5.91 Å². The summed E-state index contributed by atoms with van der Waals surface area (Å²) in [5.41, 5.74) is 1.09. The van der Waals surface area contributed by atoms with Crippen LogP contribution in [-0.2, 0) is 11.3 Å². The molecule has 1 aliphatic rings. The summed E-state index contributed by atoms with van der Waals surface area (Å²) in [5.74, 6) is 1.51. The van der Waals surface area contributed by atoms with E-state index in [1.54, 1.807) is 18.9 Å². The van der Waals surface area contributed by atoms with Gasteiger partial charge in [-0.1, -0.05) is 12.1 Å². The Morgan fingerprint density at radius 2 is 2.05 bits per heavy atom. The molecule has 4 nitrogen and oxygen atoms in total. The van der Waals surface area contributed by atoms with Crippen molar-refractivity contribution in [1.82, 2.24) is 10.6 Å². The van der Waals surface area contributed by atoms with Crippen LogP contribution in [-0.4, -0.2) is 37.1 Å². The summed E-state index contributed by atoms with van der Waals surface area (Å²) in [5, 5.41) is 6.92. The van der Waals surface area contributed by atoms with E-state index >= 15 is 0 Å². The number of carbonyl (C=O) groups excluding carboxylic acids is 1. The number of benzene rings is 1. The molecule has 0 atom stereocenters. The fraction of sp³-hybridized carbons (Fsp3) is 0.533. The number of rotatable bonds is 6. The zero-order valence-electron chi connectivity index (χ0n) is 11.9. The smallest absolute Gasteiger partial charge is 0.230 e. The van der Waals surface area contributed by atoms with Crippen molar-refractivity contribution in [2.45, 2.75) is 24.6 Å². The predicted octanol–water partition coefficient (Wildman–Crippen LogP) is 1.80. The normalized spacial score (nSPS) is 15.8. The van der Waals surface area contributed by atoms with Crippen LogP contribution in [0.5, 0.6) is 5.75 Å². The van der Waals surface area contributed by atoms with E-state index in [1.165, 1.54) is 0 Å². The van der Waals surface area contributed by atoms with Gasteiger partial charge in [0, 0.05) is 11.8 Å². The van der Waals surface area contributed by atoms with Gasteiger partial charge < -0.3 is 15.4 Å². The van der Waals surface area contributed by atoms with E-state index in [0.29, 0.717) is 17.5 Å². The molecule has 2 rings (SSSR count). The van der Waals surface area contributed by atoms with E-state index < -0.39 is 0 Å². The second kappa shape index (κ2) is 8.17. The molecule has 1 aromatic rings. The molecule has 0 saturated carbocycles. The Morgan fingerprint density at radius 3 is 2.70 bits per heavy atom. The van der Waals surface area contributed by atoms with Gasteiger partial charge >= 0.3 is 0 Å². The number of hydrogen-bond acceptors (Lipinski definition) is 4. The highest BCUT2D eigenvalue weighted by atomic mass is 32.2. The first-order valence-electron chi connectivity index (χ1n) is 7.00. The third-order valence-electron chi connectivity index (χ3n) is 3.39. The Kier molecular flexibility index (Phi) is 6.21. The largest absolute Gasteiger partial charge is 0.497 e. The molecule has 110 valence electrons. The Morgan fingerprint density at radius 1 is 1.35 bits per heavy atom. The lowest BCUT2D eigenvalue weighted by atomic mass is 10.2. The van der Waals surface area contributed by atoms with E-state index in [4.69, 9.17) is 4.74 Å². The molecule has 1 aliphatic heterocycles. The second-order valence-electron chi connectivity index (χ2n) is 4.89. The minimum atomic E-state index is 0.115. The SMILES string of the molecule is COc1ccc(CNC(=O)CSC2CCNCC2)cc1. The van der Waals surface area contributed by atoms with Crippen LogP contribution in [0.25, 0.3) is 0 Å². The molecule has 1 aromatic carbocycles. The van der Waals surface area contributed by atoms with Crippen molar-refractivity contribution in [2.24, 2.45) is 0 Å². The van der Waals surface area contributed by atoms with Crippen LogP contribution >= 0.6 is 11.8 Å². The molecular formula is C15H22N2O2S. The van der Waals surface area contributed by atoms with Crippen molar-refractivity contribution in [3.8, 4) is 5.75 Å². The van der Waals surface area contributed by atoms with Crippen molar-refractivity contribution in [3.63, 3.8) is 0 Å². The lowest BCUT2D eigenvalue weighted by molar-refractivity contribution is -0.118. The van der Waals surface area contributed by atoms with Crippen molar-refractivity contribution in [1.29, 1.82) is 0 Å². The lowest BCUT2D eigenvalue weighted by Crippen LogP contribution is -2.31. The molecule has 1 amide bonds. The van der Waals surface area contributed by atoms with Crippen molar-refractivity contribution < 1.29 is 9.53 Å². The minimum absolute atomic E-state index is 0.115. The highest BCUT2D eigenvalue weighted by Gasteiger charge is 2.14. The fourth-order valence-corrected chi connectivity index (χ4v) is 3.21.